The standard InChI is InChI=1S/C20H19BrN6O2/c1-12-17(10-26(23-12)11-18(28)25-6-3-7-25)27-19-14-8-13(21)4-5-15(14)22-9-16(19)24(2)20(27)29/h4-5,8-10H,3,6-7,11H2,1-2H3. The third-order valence-electron chi connectivity index (χ3n) is 5.51. The van der Waals surface area contributed by atoms with Gasteiger partial charge < -0.3 is 4.90 Å². The van der Waals surface area contributed by atoms with Gasteiger partial charge in [0, 0.05) is 30.0 Å². The Labute approximate surface area is 174 Å². The van der Waals surface area contributed by atoms with Gasteiger partial charge in [0.2, 0.25) is 5.91 Å². The van der Waals surface area contributed by atoms with Crippen molar-refractivity contribution in [1.29, 1.82) is 0 Å². The van der Waals surface area contributed by atoms with Gasteiger partial charge in [-0.3, -0.25) is 23.6 Å². The summed E-state index contributed by atoms with van der Waals surface area (Å²) in [5.41, 5.74) is 3.51. The molecule has 4 heterocycles. The second-order valence-corrected chi connectivity index (χ2v) is 8.28. The number of hydrogen-bond acceptors (Lipinski definition) is 4. The zero-order valence-corrected chi connectivity index (χ0v) is 17.7. The van der Waals surface area contributed by atoms with E-state index in [4.69, 9.17) is 0 Å². The number of aryl methyl sites for hydroxylation is 2. The smallest absolute Gasteiger partial charge is 0.333 e. The van der Waals surface area contributed by atoms with Gasteiger partial charge in [-0.2, -0.15) is 5.10 Å². The van der Waals surface area contributed by atoms with Gasteiger partial charge in [0.25, 0.3) is 0 Å². The lowest BCUT2D eigenvalue weighted by atomic mass is 10.2. The summed E-state index contributed by atoms with van der Waals surface area (Å²) in [6.07, 6.45) is 4.55. The van der Waals surface area contributed by atoms with E-state index in [2.05, 4.69) is 26.0 Å². The topological polar surface area (TPSA) is 78.0 Å². The summed E-state index contributed by atoms with van der Waals surface area (Å²) in [6, 6.07) is 5.81. The number of likely N-dealkylation sites (tertiary alicyclic amines) is 1. The van der Waals surface area contributed by atoms with Crippen LogP contribution in [0.1, 0.15) is 12.1 Å². The van der Waals surface area contributed by atoms with Crippen molar-refractivity contribution in [3.8, 4) is 5.69 Å². The van der Waals surface area contributed by atoms with Crippen LogP contribution in [-0.2, 0) is 18.4 Å². The lowest BCUT2D eigenvalue weighted by Crippen LogP contribution is -2.43. The Morgan fingerprint density at radius 1 is 1.28 bits per heavy atom. The lowest BCUT2D eigenvalue weighted by molar-refractivity contribution is -0.135. The molecule has 0 unspecified atom stereocenters. The number of carbonyl (C=O) groups is 1. The number of aromatic nitrogens is 5. The summed E-state index contributed by atoms with van der Waals surface area (Å²) in [6.45, 7) is 3.64. The molecular weight excluding hydrogens is 436 g/mol. The number of nitrogens with zero attached hydrogens (tertiary/aromatic N) is 6. The molecule has 148 valence electrons. The van der Waals surface area contributed by atoms with E-state index in [1.165, 1.54) is 0 Å². The van der Waals surface area contributed by atoms with Crippen molar-refractivity contribution in [2.24, 2.45) is 7.05 Å². The zero-order chi connectivity index (χ0) is 20.3. The molecule has 9 heteroatoms. The van der Waals surface area contributed by atoms with Gasteiger partial charge in [-0.15, -0.1) is 0 Å². The van der Waals surface area contributed by atoms with Gasteiger partial charge in [0.05, 0.1) is 40.3 Å². The maximum Gasteiger partial charge on any atom is 0.333 e. The largest absolute Gasteiger partial charge is 0.341 e. The molecule has 1 aliphatic heterocycles. The predicted molar refractivity (Wildman–Crippen MR) is 113 cm³/mol. The first-order chi connectivity index (χ1) is 13.9. The molecule has 3 aromatic heterocycles. The molecule has 1 fully saturated rings. The minimum Gasteiger partial charge on any atom is -0.341 e. The molecule has 0 radical (unpaired) electrons. The monoisotopic (exact) mass is 454 g/mol. The molecule has 0 spiro atoms. The van der Waals surface area contributed by atoms with Gasteiger partial charge >= 0.3 is 5.69 Å². The molecule has 29 heavy (non-hydrogen) atoms. The second kappa shape index (κ2) is 6.55. The van der Waals surface area contributed by atoms with Gasteiger partial charge in [0.15, 0.2) is 0 Å². The highest BCUT2D eigenvalue weighted by atomic mass is 79.9. The highest BCUT2D eigenvalue weighted by Gasteiger charge is 2.23. The first-order valence-corrected chi connectivity index (χ1v) is 10.2. The van der Waals surface area contributed by atoms with Gasteiger partial charge in [-0.1, -0.05) is 15.9 Å². The number of hydrogen-bond donors (Lipinski definition) is 0. The second-order valence-electron chi connectivity index (χ2n) is 7.36. The first kappa shape index (κ1) is 18.1. The molecule has 5 rings (SSSR count). The van der Waals surface area contributed by atoms with Crippen molar-refractivity contribution < 1.29 is 4.79 Å². The summed E-state index contributed by atoms with van der Waals surface area (Å²) in [5.74, 6) is 0.0501. The number of pyridine rings is 1. The van der Waals surface area contributed by atoms with Crippen molar-refractivity contribution in [1.82, 2.24) is 28.8 Å². The fourth-order valence-electron chi connectivity index (χ4n) is 3.81. The van der Waals surface area contributed by atoms with E-state index >= 15 is 0 Å². The van der Waals surface area contributed by atoms with Crippen LogP contribution in [0.15, 0.2) is 39.9 Å². The number of imidazole rings is 1. The Bertz CT molecular complexity index is 1340. The van der Waals surface area contributed by atoms with Crippen molar-refractivity contribution in [2.75, 3.05) is 13.1 Å². The third-order valence-corrected chi connectivity index (χ3v) is 6.01. The Hall–Kier alpha value is -2.94. The van der Waals surface area contributed by atoms with E-state index in [0.29, 0.717) is 11.4 Å². The number of benzene rings is 1. The van der Waals surface area contributed by atoms with Gasteiger partial charge in [0.1, 0.15) is 6.54 Å². The molecule has 0 saturated carbocycles. The highest BCUT2D eigenvalue weighted by molar-refractivity contribution is 9.10. The molecular formula is C20H19BrN6O2. The number of rotatable bonds is 3. The van der Waals surface area contributed by atoms with Crippen LogP contribution in [0.4, 0.5) is 0 Å². The van der Waals surface area contributed by atoms with Crippen LogP contribution in [-0.4, -0.2) is 47.8 Å². The van der Waals surface area contributed by atoms with E-state index < -0.39 is 0 Å². The zero-order valence-electron chi connectivity index (χ0n) is 16.1. The van der Waals surface area contributed by atoms with Crippen LogP contribution >= 0.6 is 15.9 Å². The predicted octanol–water partition coefficient (Wildman–Crippen LogP) is 2.38. The molecule has 0 bridgehead atoms. The van der Waals surface area contributed by atoms with Crippen LogP contribution in [0.25, 0.3) is 27.6 Å². The fourth-order valence-corrected chi connectivity index (χ4v) is 4.17. The first-order valence-electron chi connectivity index (χ1n) is 9.42. The maximum atomic E-state index is 13.1. The van der Waals surface area contributed by atoms with E-state index in [-0.39, 0.29) is 18.1 Å². The maximum absolute atomic E-state index is 13.1. The number of fused-ring (bicyclic) bond motifs is 3. The van der Waals surface area contributed by atoms with Crippen LogP contribution in [0.2, 0.25) is 0 Å². The van der Waals surface area contributed by atoms with Crippen molar-refractivity contribution >= 4 is 43.8 Å². The van der Waals surface area contributed by atoms with E-state index in [1.807, 2.05) is 30.0 Å². The Morgan fingerprint density at radius 3 is 2.79 bits per heavy atom. The summed E-state index contributed by atoms with van der Waals surface area (Å²) >= 11 is 3.52. The van der Waals surface area contributed by atoms with Crippen LogP contribution in [0.3, 0.4) is 0 Å². The summed E-state index contributed by atoms with van der Waals surface area (Å²) in [7, 11) is 1.74. The minimum atomic E-state index is -0.175. The molecule has 1 saturated heterocycles. The van der Waals surface area contributed by atoms with Crippen LogP contribution in [0, 0.1) is 6.92 Å². The molecule has 1 amide bonds. The number of halogens is 1. The SMILES string of the molecule is Cc1nn(CC(=O)N2CCC2)cc1-n1c(=O)n(C)c2cnc3ccc(Br)cc3c21. The fraction of sp³-hybridized carbons (Fsp3) is 0.300. The van der Waals surface area contributed by atoms with Crippen LogP contribution in [0.5, 0.6) is 0 Å². The highest BCUT2D eigenvalue weighted by Crippen LogP contribution is 2.28. The molecule has 0 aliphatic carbocycles. The minimum absolute atomic E-state index is 0.0501. The quantitative estimate of drug-likeness (QED) is 0.476. The average molecular weight is 455 g/mol. The van der Waals surface area contributed by atoms with Gasteiger partial charge in [-0.25, -0.2) is 4.79 Å². The van der Waals surface area contributed by atoms with Gasteiger partial charge in [-0.05, 0) is 31.5 Å². The summed E-state index contributed by atoms with van der Waals surface area (Å²) in [5, 5.41) is 5.37. The molecule has 0 N–H and O–H groups in total. The Morgan fingerprint density at radius 2 is 2.07 bits per heavy atom. The van der Waals surface area contributed by atoms with E-state index in [1.54, 1.807) is 33.3 Å². The summed E-state index contributed by atoms with van der Waals surface area (Å²) < 4.78 is 5.79. The average Bonchev–Trinajstić information content (AvgIpc) is 3.11. The van der Waals surface area contributed by atoms with Crippen LogP contribution < -0.4 is 5.69 Å². The van der Waals surface area contributed by atoms with Crippen molar-refractivity contribution in [3.63, 3.8) is 0 Å². The number of amides is 1. The number of carbonyl (C=O) groups excluding carboxylic acids is 1. The molecule has 1 aromatic carbocycles. The Balaban J connectivity index is 1.71. The third kappa shape index (κ3) is 2.79. The summed E-state index contributed by atoms with van der Waals surface area (Å²) in [4.78, 5) is 31.8. The van der Waals surface area contributed by atoms with Crippen molar-refractivity contribution in [2.45, 2.75) is 19.9 Å². The Kier molecular flexibility index (Phi) is 4.09. The van der Waals surface area contributed by atoms with E-state index in [0.717, 1.165) is 45.9 Å². The lowest BCUT2D eigenvalue weighted by Gasteiger charge is -2.30. The molecule has 8 nitrogen and oxygen atoms in total. The molecule has 1 aliphatic rings. The normalized spacial score (nSPS) is 14.0. The van der Waals surface area contributed by atoms with E-state index in [9.17, 15) is 9.59 Å². The molecule has 0 atom stereocenters. The van der Waals surface area contributed by atoms with Crippen molar-refractivity contribution in [3.05, 3.63) is 51.2 Å². The molecule has 4 aromatic rings.